The number of piperazine rings is 1. The third kappa shape index (κ3) is 3.57. The number of hydrogen-bond donors (Lipinski definition) is 0. The smallest absolute Gasteiger partial charge is 0.410 e. The van der Waals surface area contributed by atoms with Gasteiger partial charge in [-0.05, 0) is 18.6 Å². The molecule has 118 valence electrons. The van der Waals surface area contributed by atoms with E-state index in [0.717, 1.165) is 19.5 Å². The van der Waals surface area contributed by atoms with Crippen LogP contribution in [-0.4, -0.2) is 72.5 Å². The summed E-state index contributed by atoms with van der Waals surface area (Å²) >= 11 is 0. The second-order valence-electron chi connectivity index (χ2n) is 5.68. The zero-order valence-electron chi connectivity index (χ0n) is 12.6. The Hall–Kier alpha value is -2.08. The molecule has 0 unspecified atom stereocenters. The van der Waals surface area contributed by atoms with Gasteiger partial charge in [-0.2, -0.15) is 0 Å². The van der Waals surface area contributed by atoms with E-state index < -0.39 is 0 Å². The first-order valence-corrected chi connectivity index (χ1v) is 7.74. The van der Waals surface area contributed by atoms with Crippen molar-refractivity contribution in [2.24, 2.45) is 0 Å². The maximum Gasteiger partial charge on any atom is 0.415 e. The Labute approximate surface area is 130 Å². The van der Waals surface area contributed by atoms with Crippen molar-refractivity contribution in [3.63, 3.8) is 0 Å². The third-order valence-electron chi connectivity index (χ3n) is 4.15. The molecule has 0 saturated carbocycles. The number of amides is 2. The van der Waals surface area contributed by atoms with Crippen LogP contribution in [0.1, 0.15) is 6.42 Å². The maximum absolute atomic E-state index is 12.1. The summed E-state index contributed by atoms with van der Waals surface area (Å²) < 4.78 is 5.33. The fourth-order valence-electron chi connectivity index (χ4n) is 2.60. The molecule has 0 aromatic heterocycles. The van der Waals surface area contributed by atoms with Gasteiger partial charge < -0.3 is 14.5 Å². The van der Waals surface area contributed by atoms with Crippen LogP contribution in [0.5, 0.6) is 5.75 Å². The lowest BCUT2D eigenvalue weighted by Crippen LogP contribution is -2.53. The highest BCUT2D eigenvalue weighted by Crippen LogP contribution is 2.12. The summed E-state index contributed by atoms with van der Waals surface area (Å²) in [4.78, 5) is 29.7. The summed E-state index contributed by atoms with van der Waals surface area (Å²) in [7, 11) is 0. The van der Waals surface area contributed by atoms with Gasteiger partial charge in [0.2, 0.25) is 5.91 Å². The van der Waals surface area contributed by atoms with Gasteiger partial charge in [0.1, 0.15) is 5.75 Å². The number of hydrogen-bond acceptors (Lipinski definition) is 4. The fourth-order valence-corrected chi connectivity index (χ4v) is 2.60. The van der Waals surface area contributed by atoms with Crippen LogP contribution in [0.4, 0.5) is 4.79 Å². The van der Waals surface area contributed by atoms with Crippen LogP contribution in [0.2, 0.25) is 0 Å². The van der Waals surface area contributed by atoms with Crippen LogP contribution >= 0.6 is 0 Å². The molecule has 2 aliphatic heterocycles. The quantitative estimate of drug-likeness (QED) is 0.837. The van der Waals surface area contributed by atoms with Crippen molar-refractivity contribution in [3.8, 4) is 5.75 Å². The van der Waals surface area contributed by atoms with Crippen LogP contribution in [-0.2, 0) is 4.79 Å². The highest BCUT2D eigenvalue weighted by Gasteiger charge is 2.26. The van der Waals surface area contributed by atoms with Crippen molar-refractivity contribution in [2.45, 2.75) is 6.42 Å². The van der Waals surface area contributed by atoms with Crippen molar-refractivity contribution in [1.82, 2.24) is 14.7 Å². The van der Waals surface area contributed by atoms with E-state index in [-0.39, 0.29) is 12.0 Å². The SMILES string of the molecule is O=C(CN1CCN(C(=O)Oc2ccccc2)CC1)N1CCC1. The molecule has 22 heavy (non-hydrogen) atoms. The number of ether oxygens (including phenoxy) is 1. The number of carbonyl (C=O) groups is 2. The molecule has 2 amide bonds. The van der Waals surface area contributed by atoms with Crippen molar-refractivity contribution in [1.29, 1.82) is 0 Å². The van der Waals surface area contributed by atoms with Crippen LogP contribution in [0.3, 0.4) is 0 Å². The highest BCUT2D eigenvalue weighted by atomic mass is 16.6. The lowest BCUT2D eigenvalue weighted by molar-refractivity contribution is -0.136. The average Bonchev–Trinajstić information content (AvgIpc) is 2.47. The zero-order valence-corrected chi connectivity index (χ0v) is 12.6. The van der Waals surface area contributed by atoms with Crippen molar-refractivity contribution >= 4 is 12.0 Å². The van der Waals surface area contributed by atoms with E-state index in [0.29, 0.717) is 38.5 Å². The molecule has 2 fully saturated rings. The number of likely N-dealkylation sites (tertiary alicyclic amines) is 1. The van der Waals surface area contributed by atoms with Gasteiger partial charge in [-0.3, -0.25) is 9.69 Å². The summed E-state index contributed by atoms with van der Waals surface area (Å²) in [6.07, 6.45) is 0.796. The molecule has 0 N–H and O–H groups in total. The number of para-hydroxylation sites is 1. The van der Waals surface area contributed by atoms with E-state index in [9.17, 15) is 9.59 Å². The Morgan fingerprint density at radius 2 is 1.59 bits per heavy atom. The minimum Gasteiger partial charge on any atom is -0.410 e. The van der Waals surface area contributed by atoms with Crippen molar-refractivity contribution in [2.75, 3.05) is 45.8 Å². The largest absolute Gasteiger partial charge is 0.415 e. The summed E-state index contributed by atoms with van der Waals surface area (Å²) in [6, 6.07) is 9.08. The first-order valence-electron chi connectivity index (χ1n) is 7.74. The number of benzene rings is 1. The zero-order chi connectivity index (χ0) is 15.4. The number of carbonyl (C=O) groups excluding carboxylic acids is 2. The number of rotatable bonds is 3. The maximum atomic E-state index is 12.1. The Kier molecular flexibility index (Phi) is 4.58. The molecule has 2 saturated heterocycles. The minimum absolute atomic E-state index is 0.201. The van der Waals surface area contributed by atoms with Gasteiger partial charge >= 0.3 is 6.09 Å². The molecule has 1 aromatic carbocycles. The van der Waals surface area contributed by atoms with Crippen molar-refractivity contribution < 1.29 is 14.3 Å². The molecule has 0 bridgehead atoms. The van der Waals surface area contributed by atoms with Gasteiger partial charge in [0.05, 0.1) is 6.54 Å². The van der Waals surface area contributed by atoms with E-state index in [4.69, 9.17) is 4.74 Å². The second-order valence-corrected chi connectivity index (χ2v) is 5.68. The second kappa shape index (κ2) is 6.79. The van der Waals surface area contributed by atoms with Crippen LogP contribution in [0, 0.1) is 0 Å². The first-order chi connectivity index (χ1) is 10.7. The third-order valence-corrected chi connectivity index (χ3v) is 4.15. The van der Waals surface area contributed by atoms with E-state index in [1.807, 2.05) is 23.1 Å². The Balaban J connectivity index is 1.43. The molecule has 1 aromatic rings. The molecule has 0 atom stereocenters. The van der Waals surface area contributed by atoms with E-state index >= 15 is 0 Å². The van der Waals surface area contributed by atoms with Gasteiger partial charge in [-0.25, -0.2) is 4.79 Å². The normalized spacial score (nSPS) is 18.7. The average molecular weight is 303 g/mol. The van der Waals surface area contributed by atoms with Crippen LogP contribution < -0.4 is 4.74 Å². The molecule has 0 aliphatic carbocycles. The van der Waals surface area contributed by atoms with Gasteiger partial charge in [0.25, 0.3) is 0 Å². The highest BCUT2D eigenvalue weighted by molar-refractivity contribution is 5.79. The molecule has 2 heterocycles. The van der Waals surface area contributed by atoms with E-state index in [2.05, 4.69) is 4.90 Å². The summed E-state index contributed by atoms with van der Waals surface area (Å²) in [5, 5.41) is 0. The van der Waals surface area contributed by atoms with Gasteiger partial charge in [0, 0.05) is 39.3 Å². The molecular weight excluding hydrogens is 282 g/mol. The van der Waals surface area contributed by atoms with Gasteiger partial charge in [-0.1, -0.05) is 18.2 Å². The summed E-state index contributed by atoms with van der Waals surface area (Å²) in [6.45, 7) is 4.86. The molecule has 0 radical (unpaired) electrons. The molecule has 2 aliphatic rings. The van der Waals surface area contributed by atoms with Crippen LogP contribution in [0.15, 0.2) is 30.3 Å². The molecule has 6 nitrogen and oxygen atoms in total. The molecular formula is C16H21N3O3. The van der Waals surface area contributed by atoms with Crippen molar-refractivity contribution in [3.05, 3.63) is 30.3 Å². The standard InChI is InChI=1S/C16H21N3O3/c20-15(18-7-4-8-18)13-17-9-11-19(12-10-17)16(21)22-14-5-2-1-3-6-14/h1-3,5-6H,4,7-13H2. The predicted molar refractivity (Wildman–Crippen MR) is 81.7 cm³/mol. The molecule has 6 heteroatoms. The van der Waals surface area contributed by atoms with Gasteiger partial charge in [-0.15, -0.1) is 0 Å². The van der Waals surface area contributed by atoms with Gasteiger partial charge in [0.15, 0.2) is 0 Å². The minimum atomic E-state index is -0.320. The molecule has 3 rings (SSSR count). The fraction of sp³-hybridized carbons (Fsp3) is 0.500. The predicted octanol–water partition coefficient (Wildman–Crippen LogP) is 1.04. The Morgan fingerprint density at radius 3 is 2.18 bits per heavy atom. The first kappa shape index (κ1) is 14.8. The number of nitrogens with zero attached hydrogens (tertiary/aromatic N) is 3. The monoisotopic (exact) mass is 303 g/mol. The topological polar surface area (TPSA) is 53.1 Å². The Bertz CT molecular complexity index is 523. The lowest BCUT2D eigenvalue weighted by atomic mass is 10.2. The van der Waals surface area contributed by atoms with E-state index in [1.54, 1.807) is 17.0 Å². The summed E-state index contributed by atoms with van der Waals surface area (Å²) in [5.41, 5.74) is 0. The molecule has 0 spiro atoms. The van der Waals surface area contributed by atoms with E-state index in [1.165, 1.54) is 0 Å². The summed E-state index contributed by atoms with van der Waals surface area (Å²) in [5.74, 6) is 0.759. The Morgan fingerprint density at radius 1 is 0.909 bits per heavy atom. The lowest BCUT2D eigenvalue weighted by Gasteiger charge is -2.36. The van der Waals surface area contributed by atoms with Crippen LogP contribution in [0.25, 0.3) is 0 Å².